The Bertz CT molecular complexity index is 421. The van der Waals surface area contributed by atoms with Gasteiger partial charge in [0.15, 0.2) is 0 Å². The van der Waals surface area contributed by atoms with E-state index in [2.05, 4.69) is 48.1 Å². The first-order valence-corrected chi connectivity index (χ1v) is 7.97. The molecule has 0 saturated carbocycles. The third kappa shape index (κ3) is 6.29. The Morgan fingerprint density at radius 2 is 1.90 bits per heavy atom. The van der Waals surface area contributed by atoms with E-state index in [0.717, 1.165) is 61.9 Å². The van der Waals surface area contributed by atoms with Crippen LogP contribution >= 0.6 is 0 Å². The minimum absolute atomic E-state index is 0.689. The highest BCUT2D eigenvalue weighted by Crippen LogP contribution is 2.22. The molecule has 1 heterocycles. The first-order valence-electron chi connectivity index (χ1n) is 7.97. The van der Waals surface area contributed by atoms with Crippen molar-refractivity contribution in [2.75, 3.05) is 39.1 Å². The van der Waals surface area contributed by atoms with Crippen LogP contribution < -0.4 is 10.1 Å². The van der Waals surface area contributed by atoms with Crippen molar-refractivity contribution in [1.29, 1.82) is 0 Å². The summed E-state index contributed by atoms with van der Waals surface area (Å²) in [4.78, 5) is 11.3. The Balaban J connectivity index is 2.76. The van der Waals surface area contributed by atoms with E-state index in [-0.39, 0.29) is 0 Å². The average molecular weight is 294 g/mol. The van der Waals surface area contributed by atoms with Gasteiger partial charge in [-0.1, -0.05) is 13.8 Å². The number of hydrogen-bond acceptors (Lipinski definition) is 5. The molecule has 0 unspecified atom stereocenters. The summed E-state index contributed by atoms with van der Waals surface area (Å²) in [5.74, 6) is 2.51. The van der Waals surface area contributed by atoms with Crippen molar-refractivity contribution in [3.63, 3.8) is 0 Å². The summed E-state index contributed by atoms with van der Waals surface area (Å²) in [6.45, 7) is 8.94. The van der Waals surface area contributed by atoms with Gasteiger partial charge in [-0.3, -0.25) is 0 Å². The maximum Gasteiger partial charge on any atom is 0.221 e. The van der Waals surface area contributed by atoms with Gasteiger partial charge >= 0.3 is 0 Å². The normalized spacial score (nSPS) is 11.0. The van der Waals surface area contributed by atoms with Crippen molar-refractivity contribution in [2.24, 2.45) is 0 Å². The maximum absolute atomic E-state index is 5.88. The Morgan fingerprint density at radius 3 is 2.52 bits per heavy atom. The number of nitrogens with zero attached hydrogens (tertiary/aromatic N) is 3. The molecule has 21 heavy (non-hydrogen) atoms. The quantitative estimate of drug-likeness (QED) is 0.672. The molecule has 1 aromatic heterocycles. The number of nitrogens with one attached hydrogen (secondary N) is 1. The van der Waals surface area contributed by atoms with E-state index in [0.29, 0.717) is 6.61 Å². The van der Waals surface area contributed by atoms with Gasteiger partial charge in [0, 0.05) is 19.5 Å². The van der Waals surface area contributed by atoms with Gasteiger partial charge in [0.05, 0.1) is 12.2 Å². The SMILES string of the molecule is CCCNc1nc(CCC)nc(OCCCN(C)C)c1C. The second-order valence-electron chi connectivity index (χ2n) is 5.60. The minimum Gasteiger partial charge on any atom is -0.477 e. The van der Waals surface area contributed by atoms with Crippen LogP contribution in [0, 0.1) is 6.92 Å². The average Bonchev–Trinajstić information content (AvgIpc) is 2.44. The number of hydrogen-bond donors (Lipinski definition) is 1. The molecule has 0 fully saturated rings. The van der Waals surface area contributed by atoms with Crippen molar-refractivity contribution < 1.29 is 4.74 Å². The van der Waals surface area contributed by atoms with Crippen LogP contribution in [0.1, 0.15) is 44.5 Å². The molecular formula is C16H30N4O. The van der Waals surface area contributed by atoms with Gasteiger partial charge in [0.25, 0.3) is 0 Å². The summed E-state index contributed by atoms with van der Waals surface area (Å²) in [5, 5.41) is 3.37. The zero-order valence-electron chi connectivity index (χ0n) is 14.2. The van der Waals surface area contributed by atoms with Gasteiger partial charge in [-0.2, -0.15) is 4.98 Å². The summed E-state index contributed by atoms with van der Waals surface area (Å²) in [7, 11) is 4.14. The molecule has 0 atom stereocenters. The van der Waals surface area contributed by atoms with Crippen LogP contribution in [-0.2, 0) is 6.42 Å². The second-order valence-corrected chi connectivity index (χ2v) is 5.60. The number of aromatic nitrogens is 2. The Labute approximate surface area is 129 Å². The first-order chi connectivity index (χ1) is 10.1. The summed E-state index contributed by atoms with van der Waals surface area (Å²) < 4.78 is 5.88. The molecule has 1 N–H and O–H groups in total. The van der Waals surface area contributed by atoms with Gasteiger partial charge in [0.1, 0.15) is 11.6 Å². The highest BCUT2D eigenvalue weighted by atomic mass is 16.5. The lowest BCUT2D eigenvalue weighted by Crippen LogP contribution is -2.16. The lowest BCUT2D eigenvalue weighted by Gasteiger charge is -2.15. The van der Waals surface area contributed by atoms with E-state index in [1.807, 2.05) is 6.92 Å². The Hall–Kier alpha value is -1.36. The van der Waals surface area contributed by atoms with E-state index < -0.39 is 0 Å². The zero-order chi connectivity index (χ0) is 15.7. The lowest BCUT2D eigenvalue weighted by atomic mass is 10.2. The van der Waals surface area contributed by atoms with Crippen molar-refractivity contribution >= 4 is 5.82 Å². The number of ether oxygens (including phenoxy) is 1. The lowest BCUT2D eigenvalue weighted by molar-refractivity contribution is 0.270. The third-order valence-electron chi connectivity index (χ3n) is 3.15. The molecule has 0 aliphatic rings. The fourth-order valence-electron chi connectivity index (χ4n) is 1.98. The van der Waals surface area contributed by atoms with Crippen LogP contribution in [-0.4, -0.2) is 48.7 Å². The van der Waals surface area contributed by atoms with E-state index in [1.54, 1.807) is 0 Å². The monoisotopic (exact) mass is 294 g/mol. The predicted octanol–water partition coefficient (Wildman–Crippen LogP) is 2.89. The molecule has 120 valence electrons. The molecule has 0 aliphatic carbocycles. The number of anilines is 1. The van der Waals surface area contributed by atoms with Gasteiger partial charge in [-0.05, 0) is 40.3 Å². The van der Waals surface area contributed by atoms with Crippen LogP contribution in [0.3, 0.4) is 0 Å². The van der Waals surface area contributed by atoms with E-state index in [1.165, 1.54) is 0 Å². The fraction of sp³-hybridized carbons (Fsp3) is 0.750. The molecule has 0 amide bonds. The predicted molar refractivity (Wildman–Crippen MR) is 88.2 cm³/mol. The van der Waals surface area contributed by atoms with Gasteiger partial charge in [-0.25, -0.2) is 4.98 Å². The van der Waals surface area contributed by atoms with Gasteiger partial charge in [0.2, 0.25) is 5.88 Å². The standard InChI is InChI=1S/C16H30N4O/c1-6-9-14-18-15(17-10-7-2)13(3)16(19-14)21-12-8-11-20(4)5/h6-12H2,1-5H3,(H,17,18,19). The largest absolute Gasteiger partial charge is 0.477 e. The highest BCUT2D eigenvalue weighted by molar-refractivity contribution is 5.48. The molecule has 0 spiro atoms. The van der Waals surface area contributed by atoms with E-state index >= 15 is 0 Å². The molecule has 0 saturated heterocycles. The van der Waals surface area contributed by atoms with Gasteiger partial charge < -0.3 is 15.0 Å². The molecule has 0 bridgehead atoms. The number of aryl methyl sites for hydroxylation is 1. The molecular weight excluding hydrogens is 264 g/mol. The Kier molecular flexibility index (Phi) is 8.05. The molecule has 5 nitrogen and oxygen atoms in total. The third-order valence-corrected chi connectivity index (χ3v) is 3.15. The summed E-state index contributed by atoms with van der Waals surface area (Å²) in [6, 6.07) is 0. The first kappa shape index (κ1) is 17.7. The van der Waals surface area contributed by atoms with Crippen LogP contribution in [0.2, 0.25) is 0 Å². The molecule has 5 heteroatoms. The summed E-state index contributed by atoms with van der Waals surface area (Å²) >= 11 is 0. The van der Waals surface area contributed by atoms with Crippen molar-refractivity contribution in [2.45, 2.75) is 46.5 Å². The molecule has 1 aromatic rings. The maximum atomic E-state index is 5.88. The van der Waals surface area contributed by atoms with E-state index in [9.17, 15) is 0 Å². The molecule has 1 rings (SSSR count). The van der Waals surface area contributed by atoms with Gasteiger partial charge in [-0.15, -0.1) is 0 Å². The topological polar surface area (TPSA) is 50.3 Å². The van der Waals surface area contributed by atoms with Crippen molar-refractivity contribution in [3.8, 4) is 5.88 Å². The molecule has 0 radical (unpaired) electrons. The van der Waals surface area contributed by atoms with Crippen LogP contribution in [0.25, 0.3) is 0 Å². The van der Waals surface area contributed by atoms with Crippen molar-refractivity contribution in [3.05, 3.63) is 11.4 Å². The van der Waals surface area contributed by atoms with Crippen LogP contribution in [0.4, 0.5) is 5.82 Å². The summed E-state index contributed by atoms with van der Waals surface area (Å²) in [5.41, 5.74) is 1.01. The van der Waals surface area contributed by atoms with Crippen LogP contribution in [0.5, 0.6) is 5.88 Å². The number of rotatable bonds is 10. The minimum atomic E-state index is 0.689. The van der Waals surface area contributed by atoms with Crippen LogP contribution in [0.15, 0.2) is 0 Å². The highest BCUT2D eigenvalue weighted by Gasteiger charge is 2.11. The molecule has 0 aliphatic heterocycles. The smallest absolute Gasteiger partial charge is 0.221 e. The summed E-state index contributed by atoms with van der Waals surface area (Å²) in [6.07, 6.45) is 3.99. The Morgan fingerprint density at radius 1 is 1.14 bits per heavy atom. The molecule has 0 aromatic carbocycles. The van der Waals surface area contributed by atoms with Crippen molar-refractivity contribution in [1.82, 2.24) is 14.9 Å². The van der Waals surface area contributed by atoms with E-state index in [4.69, 9.17) is 4.74 Å². The second kappa shape index (κ2) is 9.55. The zero-order valence-corrected chi connectivity index (χ0v) is 14.2. The fourth-order valence-corrected chi connectivity index (χ4v) is 1.98.